The molecule has 0 heterocycles. The Kier molecular flexibility index (Phi) is 4.66. The van der Waals surface area contributed by atoms with E-state index >= 15 is 0 Å². The Labute approximate surface area is 123 Å². The number of carbonyl (C=O) groups is 1. The Morgan fingerprint density at radius 1 is 1.10 bits per heavy atom. The van der Waals surface area contributed by atoms with Crippen LogP contribution in [-0.4, -0.2) is 20.1 Å². The van der Waals surface area contributed by atoms with Gasteiger partial charge in [-0.2, -0.15) is 0 Å². The molecule has 0 aliphatic rings. The number of para-hydroxylation sites is 1. The Bertz CT molecular complexity index is 624. The van der Waals surface area contributed by atoms with E-state index in [1.54, 1.807) is 26.4 Å². The van der Waals surface area contributed by atoms with Crippen molar-refractivity contribution < 1.29 is 14.3 Å². The molecule has 1 amide bonds. The van der Waals surface area contributed by atoms with Crippen LogP contribution in [0.25, 0.3) is 0 Å². The molecule has 5 heteroatoms. The summed E-state index contributed by atoms with van der Waals surface area (Å²) in [5.74, 6) is 0.971. The number of anilines is 1. The van der Waals surface area contributed by atoms with Gasteiger partial charge in [-0.15, -0.1) is 0 Å². The Morgan fingerprint density at radius 3 is 2.38 bits per heavy atom. The van der Waals surface area contributed by atoms with Crippen molar-refractivity contribution in [1.82, 2.24) is 0 Å². The first-order valence-electron chi connectivity index (χ1n) is 6.49. The lowest BCUT2D eigenvalue weighted by Gasteiger charge is -2.13. The van der Waals surface area contributed by atoms with Crippen molar-refractivity contribution in [2.45, 2.75) is 6.54 Å². The average molecular weight is 286 g/mol. The number of nitrogens with one attached hydrogen (secondary N) is 1. The predicted molar refractivity (Wildman–Crippen MR) is 81.8 cm³/mol. The van der Waals surface area contributed by atoms with Gasteiger partial charge in [0.05, 0.1) is 14.2 Å². The zero-order chi connectivity index (χ0) is 15.2. The van der Waals surface area contributed by atoms with Crippen LogP contribution in [0, 0.1) is 0 Å². The van der Waals surface area contributed by atoms with E-state index in [0.717, 1.165) is 11.3 Å². The highest BCUT2D eigenvalue weighted by Gasteiger charge is 2.09. The fourth-order valence-corrected chi connectivity index (χ4v) is 2.04. The van der Waals surface area contributed by atoms with Gasteiger partial charge in [0, 0.05) is 23.4 Å². The summed E-state index contributed by atoms with van der Waals surface area (Å²) in [6, 6.07) is 12.7. The van der Waals surface area contributed by atoms with Gasteiger partial charge in [-0.1, -0.05) is 12.1 Å². The predicted octanol–water partition coefficient (Wildman–Crippen LogP) is 2.41. The van der Waals surface area contributed by atoms with Crippen molar-refractivity contribution >= 4 is 11.6 Å². The number of primary amides is 1. The topological polar surface area (TPSA) is 73.6 Å². The highest BCUT2D eigenvalue weighted by molar-refractivity contribution is 5.93. The second-order valence-electron chi connectivity index (χ2n) is 4.45. The normalized spacial score (nSPS) is 10.0. The van der Waals surface area contributed by atoms with Gasteiger partial charge in [-0.3, -0.25) is 4.79 Å². The van der Waals surface area contributed by atoms with Gasteiger partial charge < -0.3 is 20.5 Å². The number of rotatable bonds is 6. The second kappa shape index (κ2) is 6.65. The average Bonchev–Trinajstić information content (AvgIpc) is 2.52. The van der Waals surface area contributed by atoms with Crippen LogP contribution in [0.15, 0.2) is 42.5 Å². The van der Waals surface area contributed by atoms with Crippen molar-refractivity contribution in [2.75, 3.05) is 19.5 Å². The number of carbonyl (C=O) groups excluding carboxylic acids is 1. The third-order valence-corrected chi connectivity index (χ3v) is 3.14. The molecule has 0 aliphatic heterocycles. The number of benzene rings is 2. The van der Waals surface area contributed by atoms with E-state index in [9.17, 15) is 4.79 Å². The number of amides is 1. The fourth-order valence-electron chi connectivity index (χ4n) is 2.04. The molecule has 2 aromatic carbocycles. The molecule has 0 unspecified atom stereocenters. The van der Waals surface area contributed by atoms with Crippen molar-refractivity contribution in [1.29, 1.82) is 0 Å². The van der Waals surface area contributed by atoms with Crippen LogP contribution in [-0.2, 0) is 6.54 Å². The standard InChI is InChI=1S/C16H18N2O3/c1-20-14-5-3-4-12(15(14)21-2)10-18-13-8-6-11(7-9-13)16(17)19/h3-9,18H,10H2,1-2H3,(H2,17,19). The summed E-state index contributed by atoms with van der Waals surface area (Å²) in [6.07, 6.45) is 0. The van der Waals surface area contributed by atoms with E-state index in [0.29, 0.717) is 23.6 Å². The van der Waals surface area contributed by atoms with E-state index in [2.05, 4.69) is 5.32 Å². The molecule has 3 N–H and O–H groups in total. The SMILES string of the molecule is COc1cccc(CNc2ccc(C(N)=O)cc2)c1OC. The number of hydrogen-bond acceptors (Lipinski definition) is 4. The van der Waals surface area contributed by atoms with Gasteiger partial charge in [0.2, 0.25) is 5.91 Å². The molecule has 0 bridgehead atoms. The first-order valence-corrected chi connectivity index (χ1v) is 6.49. The number of hydrogen-bond donors (Lipinski definition) is 2. The minimum absolute atomic E-state index is 0.434. The van der Waals surface area contributed by atoms with E-state index < -0.39 is 5.91 Å². The van der Waals surface area contributed by atoms with Crippen LogP contribution in [0.5, 0.6) is 11.5 Å². The quantitative estimate of drug-likeness (QED) is 0.855. The van der Waals surface area contributed by atoms with E-state index in [4.69, 9.17) is 15.2 Å². The molecule has 21 heavy (non-hydrogen) atoms. The maximum absolute atomic E-state index is 11.0. The summed E-state index contributed by atoms with van der Waals surface area (Å²) in [7, 11) is 3.22. The first-order chi connectivity index (χ1) is 10.2. The van der Waals surface area contributed by atoms with Gasteiger partial charge >= 0.3 is 0 Å². The molecule has 0 aliphatic carbocycles. The second-order valence-corrected chi connectivity index (χ2v) is 4.45. The van der Waals surface area contributed by atoms with Crippen molar-refractivity contribution in [3.8, 4) is 11.5 Å². The summed E-state index contributed by atoms with van der Waals surface area (Å²) in [6.45, 7) is 0.580. The lowest BCUT2D eigenvalue weighted by atomic mass is 10.1. The maximum atomic E-state index is 11.0. The van der Waals surface area contributed by atoms with Crippen LogP contribution in [0.1, 0.15) is 15.9 Å². The Balaban J connectivity index is 2.11. The fraction of sp³-hybridized carbons (Fsp3) is 0.188. The molecule has 0 saturated carbocycles. The molecule has 110 valence electrons. The van der Waals surface area contributed by atoms with Gasteiger partial charge in [-0.05, 0) is 30.3 Å². The Morgan fingerprint density at radius 2 is 1.81 bits per heavy atom. The highest BCUT2D eigenvalue weighted by Crippen LogP contribution is 2.31. The van der Waals surface area contributed by atoms with Gasteiger partial charge in [0.25, 0.3) is 0 Å². The third kappa shape index (κ3) is 3.45. The first kappa shape index (κ1) is 14.7. The number of ether oxygens (including phenoxy) is 2. The zero-order valence-electron chi connectivity index (χ0n) is 12.1. The molecule has 0 atom stereocenters. The van der Waals surface area contributed by atoms with E-state index in [1.807, 2.05) is 30.3 Å². The summed E-state index contributed by atoms with van der Waals surface area (Å²) in [4.78, 5) is 11.0. The smallest absolute Gasteiger partial charge is 0.248 e. The molecule has 0 aromatic heterocycles. The molecular formula is C16H18N2O3. The minimum Gasteiger partial charge on any atom is -0.493 e. The van der Waals surface area contributed by atoms with Crippen molar-refractivity contribution in [2.24, 2.45) is 5.73 Å². The number of methoxy groups -OCH3 is 2. The van der Waals surface area contributed by atoms with Crippen molar-refractivity contribution in [3.63, 3.8) is 0 Å². The van der Waals surface area contributed by atoms with E-state index in [1.165, 1.54) is 0 Å². The summed E-state index contributed by atoms with van der Waals surface area (Å²) in [5, 5.41) is 3.27. The van der Waals surface area contributed by atoms with Crippen LogP contribution in [0.2, 0.25) is 0 Å². The summed E-state index contributed by atoms with van der Waals surface area (Å²) >= 11 is 0. The summed E-state index contributed by atoms with van der Waals surface area (Å²) < 4.78 is 10.6. The monoisotopic (exact) mass is 286 g/mol. The third-order valence-electron chi connectivity index (χ3n) is 3.14. The lowest BCUT2D eigenvalue weighted by molar-refractivity contribution is 0.100. The molecule has 0 saturated heterocycles. The van der Waals surface area contributed by atoms with Crippen LogP contribution < -0.4 is 20.5 Å². The molecular weight excluding hydrogens is 268 g/mol. The maximum Gasteiger partial charge on any atom is 0.248 e. The molecule has 5 nitrogen and oxygen atoms in total. The lowest BCUT2D eigenvalue weighted by Crippen LogP contribution is -2.10. The van der Waals surface area contributed by atoms with Crippen LogP contribution >= 0.6 is 0 Å². The van der Waals surface area contributed by atoms with Crippen molar-refractivity contribution in [3.05, 3.63) is 53.6 Å². The molecule has 0 radical (unpaired) electrons. The summed E-state index contributed by atoms with van der Waals surface area (Å²) in [5.41, 5.74) is 7.57. The molecule has 0 fully saturated rings. The number of nitrogens with two attached hydrogens (primary N) is 1. The molecule has 2 rings (SSSR count). The van der Waals surface area contributed by atoms with Crippen LogP contribution in [0.4, 0.5) is 5.69 Å². The van der Waals surface area contributed by atoms with Gasteiger partial charge in [-0.25, -0.2) is 0 Å². The van der Waals surface area contributed by atoms with E-state index in [-0.39, 0.29) is 0 Å². The highest BCUT2D eigenvalue weighted by atomic mass is 16.5. The molecule has 0 spiro atoms. The van der Waals surface area contributed by atoms with Gasteiger partial charge in [0.15, 0.2) is 11.5 Å². The minimum atomic E-state index is -0.434. The zero-order valence-corrected chi connectivity index (χ0v) is 12.1. The van der Waals surface area contributed by atoms with Gasteiger partial charge in [0.1, 0.15) is 0 Å². The van der Waals surface area contributed by atoms with Crippen LogP contribution in [0.3, 0.4) is 0 Å². The largest absolute Gasteiger partial charge is 0.493 e. The molecule has 2 aromatic rings. The Hall–Kier alpha value is -2.69.